The average molecular weight is 281 g/mol. The predicted molar refractivity (Wildman–Crippen MR) is 83.0 cm³/mol. The summed E-state index contributed by atoms with van der Waals surface area (Å²) in [5.74, 6) is 0.365. The van der Waals surface area contributed by atoms with Gasteiger partial charge < -0.3 is 0 Å². The van der Waals surface area contributed by atoms with E-state index in [1.54, 1.807) is 4.57 Å². The van der Waals surface area contributed by atoms with Crippen LogP contribution in [-0.4, -0.2) is 11.1 Å². The van der Waals surface area contributed by atoms with Crippen molar-refractivity contribution in [1.82, 2.24) is 9.88 Å². The Balaban J connectivity index is 0.00000180. The van der Waals surface area contributed by atoms with Gasteiger partial charge in [0.25, 0.3) is 5.56 Å². The van der Waals surface area contributed by atoms with Crippen molar-refractivity contribution >= 4 is 23.2 Å². The fraction of sp³-hybridized carbons (Fsp3) is 0.400. The van der Waals surface area contributed by atoms with Crippen molar-refractivity contribution in [2.75, 3.05) is 6.54 Å². The first-order valence-corrected chi connectivity index (χ1v) is 6.48. The van der Waals surface area contributed by atoms with Crippen molar-refractivity contribution in [2.24, 2.45) is 5.92 Å². The predicted octanol–water partition coefficient (Wildman–Crippen LogP) is 3.19. The van der Waals surface area contributed by atoms with E-state index in [-0.39, 0.29) is 24.1 Å². The summed E-state index contributed by atoms with van der Waals surface area (Å²) < 4.78 is 1.80. The summed E-state index contributed by atoms with van der Waals surface area (Å²) in [4.78, 5) is 12.5. The van der Waals surface area contributed by atoms with Gasteiger partial charge in [-0.1, -0.05) is 39.0 Å². The van der Waals surface area contributed by atoms with Crippen LogP contribution in [0.25, 0.3) is 10.8 Å². The molecular weight excluding hydrogens is 260 g/mol. The highest BCUT2D eigenvalue weighted by Gasteiger charge is 2.15. The third-order valence-corrected chi connectivity index (χ3v) is 3.18. The zero-order valence-electron chi connectivity index (χ0n) is 11.6. The number of nitrogens with one attached hydrogen (secondary N) is 1. The lowest BCUT2D eigenvalue weighted by Gasteiger charge is -2.24. The van der Waals surface area contributed by atoms with Gasteiger partial charge in [-0.2, -0.15) is 0 Å². The van der Waals surface area contributed by atoms with Crippen LogP contribution in [0.3, 0.4) is 0 Å². The van der Waals surface area contributed by atoms with Crippen LogP contribution in [0, 0.1) is 5.92 Å². The van der Waals surface area contributed by atoms with Crippen LogP contribution < -0.4 is 10.9 Å². The molecule has 1 heterocycles. The largest absolute Gasteiger partial charge is 0.299 e. The molecule has 0 fully saturated rings. The average Bonchev–Trinajstić information content (AvgIpc) is 2.37. The lowest BCUT2D eigenvalue weighted by molar-refractivity contribution is 0.307. The van der Waals surface area contributed by atoms with E-state index in [0.29, 0.717) is 5.92 Å². The van der Waals surface area contributed by atoms with E-state index in [4.69, 9.17) is 0 Å². The molecule has 19 heavy (non-hydrogen) atoms. The van der Waals surface area contributed by atoms with Crippen LogP contribution in [0.5, 0.6) is 0 Å². The van der Waals surface area contributed by atoms with Crippen molar-refractivity contribution < 1.29 is 0 Å². The lowest BCUT2D eigenvalue weighted by atomic mass is 10.1. The molecule has 1 N–H and O–H groups in total. The first-order chi connectivity index (χ1) is 8.65. The molecule has 0 spiro atoms. The van der Waals surface area contributed by atoms with Crippen LogP contribution in [0.4, 0.5) is 0 Å². The van der Waals surface area contributed by atoms with Gasteiger partial charge in [0, 0.05) is 11.6 Å². The summed E-state index contributed by atoms with van der Waals surface area (Å²) in [5, 5.41) is 5.15. The van der Waals surface area contributed by atoms with Crippen LogP contribution in [0.2, 0.25) is 0 Å². The summed E-state index contributed by atoms with van der Waals surface area (Å²) in [6.07, 6.45) is 1.94. The molecule has 0 saturated carbocycles. The van der Waals surface area contributed by atoms with E-state index in [9.17, 15) is 4.79 Å². The minimum atomic E-state index is 0. The Morgan fingerprint density at radius 3 is 2.53 bits per heavy atom. The maximum atomic E-state index is 12.5. The number of fused-ring (bicyclic) bond motifs is 1. The molecule has 2 rings (SSSR count). The number of hydrogen-bond donors (Lipinski definition) is 1. The fourth-order valence-electron chi connectivity index (χ4n) is 2.29. The minimum Gasteiger partial charge on any atom is -0.299 e. The summed E-state index contributed by atoms with van der Waals surface area (Å²) >= 11 is 0. The van der Waals surface area contributed by atoms with Crippen LogP contribution in [-0.2, 0) is 0 Å². The second kappa shape index (κ2) is 6.73. The van der Waals surface area contributed by atoms with Gasteiger partial charge in [0.1, 0.15) is 0 Å². The number of aromatic nitrogens is 1. The van der Waals surface area contributed by atoms with E-state index < -0.39 is 0 Å². The Bertz CT molecular complexity index is 592. The van der Waals surface area contributed by atoms with E-state index in [1.807, 2.05) is 36.5 Å². The monoisotopic (exact) mass is 280 g/mol. The Kier molecular flexibility index (Phi) is 5.58. The topological polar surface area (TPSA) is 34.0 Å². The standard InChI is InChI=1S/C15H20N2O.ClH/c1-4-16-14(11(2)3)17-10-9-12-7-5-6-8-13(12)15(17)18;/h5-11,14,16H,4H2,1-3H3;1H. The highest BCUT2D eigenvalue weighted by atomic mass is 35.5. The zero-order chi connectivity index (χ0) is 13.1. The third kappa shape index (κ3) is 3.17. The molecular formula is C15H21ClN2O. The Labute approximate surface area is 120 Å². The molecule has 3 nitrogen and oxygen atoms in total. The second-order valence-corrected chi connectivity index (χ2v) is 4.86. The van der Waals surface area contributed by atoms with Crippen molar-refractivity contribution in [3.05, 3.63) is 46.9 Å². The van der Waals surface area contributed by atoms with E-state index >= 15 is 0 Å². The molecule has 1 atom stereocenters. The fourth-order valence-corrected chi connectivity index (χ4v) is 2.29. The molecule has 0 aliphatic carbocycles. The molecule has 104 valence electrons. The van der Waals surface area contributed by atoms with Crippen molar-refractivity contribution in [3.8, 4) is 0 Å². The first kappa shape index (κ1) is 15.7. The first-order valence-electron chi connectivity index (χ1n) is 6.48. The zero-order valence-corrected chi connectivity index (χ0v) is 12.4. The molecule has 4 heteroatoms. The Morgan fingerprint density at radius 1 is 1.21 bits per heavy atom. The van der Waals surface area contributed by atoms with Gasteiger partial charge in [-0.3, -0.25) is 14.7 Å². The van der Waals surface area contributed by atoms with Gasteiger partial charge >= 0.3 is 0 Å². The number of halogens is 1. The summed E-state index contributed by atoms with van der Waals surface area (Å²) in [6, 6.07) is 9.72. The third-order valence-electron chi connectivity index (χ3n) is 3.18. The van der Waals surface area contributed by atoms with E-state index in [2.05, 4.69) is 26.1 Å². The maximum absolute atomic E-state index is 12.5. The lowest BCUT2D eigenvalue weighted by Crippen LogP contribution is -2.37. The van der Waals surface area contributed by atoms with E-state index in [1.165, 1.54) is 0 Å². The van der Waals surface area contributed by atoms with Crippen molar-refractivity contribution in [3.63, 3.8) is 0 Å². The van der Waals surface area contributed by atoms with Gasteiger partial charge in [0.15, 0.2) is 0 Å². The SMILES string of the molecule is CCNC(C(C)C)n1ccc2ccccc2c1=O.Cl. The Morgan fingerprint density at radius 2 is 1.89 bits per heavy atom. The molecule has 0 aliphatic heterocycles. The number of benzene rings is 1. The molecule has 1 aromatic heterocycles. The molecule has 0 radical (unpaired) electrons. The van der Waals surface area contributed by atoms with Crippen LogP contribution >= 0.6 is 12.4 Å². The summed E-state index contributed by atoms with van der Waals surface area (Å²) in [7, 11) is 0. The van der Waals surface area contributed by atoms with Gasteiger partial charge in [-0.25, -0.2) is 0 Å². The Hall–Kier alpha value is -1.32. The molecule has 0 aliphatic rings. The number of hydrogen-bond acceptors (Lipinski definition) is 2. The number of nitrogens with zero attached hydrogens (tertiary/aromatic N) is 1. The molecule has 2 aromatic rings. The van der Waals surface area contributed by atoms with Gasteiger partial charge in [-0.15, -0.1) is 12.4 Å². The second-order valence-electron chi connectivity index (χ2n) is 4.86. The molecule has 0 saturated heterocycles. The maximum Gasteiger partial charge on any atom is 0.259 e. The van der Waals surface area contributed by atoms with Crippen molar-refractivity contribution in [1.29, 1.82) is 0 Å². The smallest absolute Gasteiger partial charge is 0.259 e. The van der Waals surface area contributed by atoms with Crippen LogP contribution in [0.1, 0.15) is 26.9 Å². The molecule has 1 aromatic carbocycles. The molecule has 0 bridgehead atoms. The highest BCUT2D eigenvalue weighted by Crippen LogP contribution is 2.15. The number of rotatable bonds is 4. The number of pyridine rings is 1. The van der Waals surface area contributed by atoms with Gasteiger partial charge in [-0.05, 0) is 30.0 Å². The van der Waals surface area contributed by atoms with Gasteiger partial charge in [0.2, 0.25) is 0 Å². The minimum absolute atomic E-state index is 0. The normalized spacial score (nSPS) is 12.4. The van der Waals surface area contributed by atoms with Gasteiger partial charge in [0.05, 0.1) is 6.17 Å². The van der Waals surface area contributed by atoms with E-state index in [0.717, 1.165) is 17.3 Å². The molecule has 0 amide bonds. The van der Waals surface area contributed by atoms with Crippen LogP contribution in [0.15, 0.2) is 41.3 Å². The summed E-state index contributed by atoms with van der Waals surface area (Å²) in [5.41, 5.74) is 0.0766. The highest BCUT2D eigenvalue weighted by molar-refractivity contribution is 5.85. The quantitative estimate of drug-likeness (QED) is 0.933. The van der Waals surface area contributed by atoms with Crippen molar-refractivity contribution in [2.45, 2.75) is 26.9 Å². The molecule has 1 unspecified atom stereocenters. The summed E-state index contributed by atoms with van der Waals surface area (Å²) in [6.45, 7) is 7.15.